The number of hydrogen-bond acceptors (Lipinski definition) is 4. The highest BCUT2D eigenvalue weighted by atomic mass is 32.1. The van der Waals surface area contributed by atoms with E-state index >= 15 is 0 Å². The molecular formula is C15H11N3OS. The Kier molecular flexibility index (Phi) is 2.47. The number of methoxy groups -OCH3 is 1. The van der Waals surface area contributed by atoms with Crippen LogP contribution in [0.4, 0.5) is 0 Å². The first-order valence-corrected chi connectivity index (χ1v) is 7.01. The molecule has 0 aliphatic carbocycles. The molecule has 0 atom stereocenters. The van der Waals surface area contributed by atoms with Crippen LogP contribution in [-0.2, 0) is 0 Å². The summed E-state index contributed by atoms with van der Waals surface area (Å²) in [5, 5.41) is 0.959. The van der Waals surface area contributed by atoms with Crippen molar-refractivity contribution in [3.8, 4) is 16.3 Å². The Morgan fingerprint density at radius 3 is 2.60 bits per heavy atom. The average molecular weight is 281 g/mol. The van der Waals surface area contributed by atoms with Gasteiger partial charge < -0.3 is 4.74 Å². The average Bonchev–Trinajstić information content (AvgIpc) is 3.05. The third-order valence-electron chi connectivity index (χ3n) is 3.22. The van der Waals surface area contributed by atoms with Crippen molar-refractivity contribution >= 4 is 28.3 Å². The van der Waals surface area contributed by atoms with Crippen molar-refractivity contribution in [2.24, 2.45) is 0 Å². The lowest BCUT2D eigenvalue weighted by molar-refractivity contribution is 0.415. The first-order chi connectivity index (χ1) is 9.85. The van der Waals surface area contributed by atoms with E-state index in [-0.39, 0.29) is 0 Å². The zero-order valence-electron chi connectivity index (χ0n) is 10.8. The van der Waals surface area contributed by atoms with Gasteiger partial charge in [-0.15, -0.1) is 0 Å². The van der Waals surface area contributed by atoms with Crippen LogP contribution < -0.4 is 4.74 Å². The minimum Gasteiger partial charge on any atom is -0.497 e. The third kappa shape index (κ3) is 1.67. The van der Waals surface area contributed by atoms with Crippen LogP contribution in [-0.4, -0.2) is 20.9 Å². The summed E-state index contributed by atoms with van der Waals surface area (Å²) in [5.41, 5.74) is 3.15. The van der Waals surface area contributed by atoms with E-state index in [4.69, 9.17) is 4.74 Å². The molecule has 2 aromatic carbocycles. The maximum atomic E-state index is 5.17. The Morgan fingerprint density at radius 1 is 1.00 bits per heavy atom. The molecule has 0 radical (unpaired) electrons. The molecule has 0 unspecified atom stereocenters. The summed E-state index contributed by atoms with van der Waals surface area (Å²) in [6.45, 7) is 0. The van der Waals surface area contributed by atoms with Crippen LogP contribution in [0.2, 0.25) is 0 Å². The van der Waals surface area contributed by atoms with Crippen molar-refractivity contribution in [1.82, 2.24) is 13.8 Å². The predicted octanol–water partition coefficient (Wildman–Crippen LogP) is 3.62. The van der Waals surface area contributed by atoms with Gasteiger partial charge in [0, 0.05) is 5.56 Å². The number of imidazole rings is 1. The van der Waals surface area contributed by atoms with Crippen molar-refractivity contribution in [1.29, 1.82) is 0 Å². The van der Waals surface area contributed by atoms with Crippen LogP contribution in [0.3, 0.4) is 0 Å². The lowest BCUT2D eigenvalue weighted by Crippen LogP contribution is -1.82. The highest BCUT2D eigenvalue weighted by molar-refractivity contribution is 7.10. The van der Waals surface area contributed by atoms with Gasteiger partial charge in [-0.25, -0.2) is 8.77 Å². The number of hydrogen-bond donors (Lipinski definition) is 0. The molecule has 0 bridgehead atoms. The Balaban J connectivity index is 1.87. The van der Waals surface area contributed by atoms with Gasteiger partial charge in [-0.3, -0.25) is 0 Å². The van der Waals surface area contributed by atoms with Crippen molar-refractivity contribution < 1.29 is 4.74 Å². The molecule has 0 saturated heterocycles. The molecule has 0 aliphatic heterocycles. The molecule has 0 spiro atoms. The van der Waals surface area contributed by atoms with E-state index in [9.17, 15) is 0 Å². The van der Waals surface area contributed by atoms with E-state index in [2.05, 4.69) is 19.8 Å². The molecule has 4 rings (SSSR count). The number of fused-ring (bicyclic) bond motifs is 3. The topological polar surface area (TPSA) is 39.4 Å². The SMILES string of the molecule is COc1ccc(-c2nc3nc4ccccc4n3s2)cc1. The number of aromatic nitrogens is 3. The molecular weight excluding hydrogens is 270 g/mol. The van der Waals surface area contributed by atoms with E-state index in [0.29, 0.717) is 0 Å². The van der Waals surface area contributed by atoms with Crippen molar-refractivity contribution in [3.05, 3.63) is 48.5 Å². The van der Waals surface area contributed by atoms with Gasteiger partial charge in [0.1, 0.15) is 10.8 Å². The molecule has 4 aromatic rings. The minimum atomic E-state index is 0.752. The second kappa shape index (κ2) is 4.31. The Bertz CT molecular complexity index is 892. The molecule has 0 N–H and O–H groups in total. The van der Waals surface area contributed by atoms with Crippen molar-refractivity contribution in [2.75, 3.05) is 7.11 Å². The summed E-state index contributed by atoms with van der Waals surface area (Å²) in [7, 11) is 1.67. The second-order valence-electron chi connectivity index (χ2n) is 4.43. The van der Waals surface area contributed by atoms with E-state index in [1.165, 1.54) is 0 Å². The first-order valence-electron chi connectivity index (χ1n) is 6.24. The van der Waals surface area contributed by atoms with E-state index in [0.717, 1.165) is 33.1 Å². The van der Waals surface area contributed by atoms with Crippen LogP contribution in [0.1, 0.15) is 0 Å². The van der Waals surface area contributed by atoms with E-state index < -0.39 is 0 Å². The molecule has 0 aliphatic rings. The maximum absolute atomic E-state index is 5.17. The predicted molar refractivity (Wildman–Crippen MR) is 80.4 cm³/mol. The van der Waals surface area contributed by atoms with Gasteiger partial charge >= 0.3 is 0 Å². The summed E-state index contributed by atoms with van der Waals surface area (Å²) >= 11 is 1.60. The zero-order chi connectivity index (χ0) is 13.5. The Hall–Kier alpha value is -2.40. The van der Waals surface area contributed by atoms with Gasteiger partial charge in [0.05, 0.1) is 18.1 Å². The number of benzene rings is 2. The molecule has 2 aromatic heterocycles. The quantitative estimate of drug-likeness (QED) is 0.563. The summed E-state index contributed by atoms with van der Waals surface area (Å²) < 4.78 is 7.24. The Labute approximate surface area is 119 Å². The second-order valence-corrected chi connectivity index (χ2v) is 5.37. The van der Waals surface area contributed by atoms with Gasteiger partial charge in [0.15, 0.2) is 0 Å². The van der Waals surface area contributed by atoms with Crippen LogP contribution in [0.5, 0.6) is 5.75 Å². The standard InChI is InChI=1S/C15H11N3OS/c1-19-11-8-6-10(7-9-11)14-17-15-16-12-4-2-3-5-13(12)18(15)20-14/h2-9H,1H3. The fourth-order valence-electron chi connectivity index (χ4n) is 2.20. The number of nitrogens with zero attached hydrogens (tertiary/aromatic N) is 3. The fraction of sp³-hybridized carbons (Fsp3) is 0.0667. The van der Waals surface area contributed by atoms with Crippen LogP contribution in [0.15, 0.2) is 48.5 Å². The molecule has 0 amide bonds. The highest BCUT2D eigenvalue weighted by Crippen LogP contribution is 2.28. The zero-order valence-corrected chi connectivity index (χ0v) is 11.6. The van der Waals surface area contributed by atoms with Gasteiger partial charge in [-0.2, -0.15) is 4.98 Å². The number of ether oxygens (including phenoxy) is 1. The normalized spacial score (nSPS) is 11.2. The molecule has 0 fully saturated rings. The van der Waals surface area contributed by atoms with Crippen molar-refractivity contribution in [2.45, 2.75) is 0 Å². The maximum Gasteiger partial charge on any atom is 0.246 e. The van der Waals surface area contributed by atoms with E-state index in [1.807, 2.05) is 42.5 Å². The monoisotopic (exact) mass is 281 g/mol. The molecule has 5 heteroatoms. The molecule has 2 heterocycles. The van der Waals surface area contributed by atoms with Crippen LogP contribution in [0, 0.1) is 0 Å². The van der Waals surface area contributed by atoms with Gasteiger partial charge in [-0.05, 0) is 47.9 Å². The summed E-state index contributed by atoms with van der Waals surface area (Å²) in [5.74, 6) is 1.60. The van der Waals surface area contributed by atoms with E-state index in [1.54, 1.807) is 18.6 Å². The summed E-state index contributed by atoms with van der Waals surface area (Å²) in [4.78, 5) is 9.14. The van der Waals surface area contributed by atoms with Gasteiger partial charge in [0.2, 0.25) is 5.78 Å². The molecule has 0 saturated carbocycles. The fourth-order valence-corrected chi connectivity index (χ4v) is 3.15. The minimum absolute atomic E-state index is 0.752. The van der Waals surface area contributed by atoms with Gasteiger partial charge in [0.25, 0.3) is 0 Å². The molecule has 4 nitrogen and oxygen atoms in total. The van der Waals surface area contributed by atoms with Crippen LogP contribution in [0.25, 0.3) is 27.4 Å². The smallest absolute Gasteiger partial charge is 0.246 e. The Morgan fingerprint density at radius 2 is 1.80 bits per heavy atom. The molecule has 20 heavy (non-hydrogen) atoms. The lowest BCUT2D eigenvalue weighted by Gasteiger charge is -1.99. The number of para-hydroxylation sites is 2. The molecule has 98 valence electrons. The largest absolute Gasteiger partial charge is 0.497 e. The first kappa shape index (κ1) is 11.4. The third-order valence-corrected chi connectivity index (χ3v) is 4.26. The van der Waals surface area contributed by atoms with Crippen LogP contribution >= 0.6 is 11.5 Å². The number of rotatable bonds is 2. The highest BCUT2D eigenvalue weighted by Gasteiger charge is 2.11. The van der Waals surface area contributed by atoms with Gasteiger partial charge in [-0.1, -0.05) is 12.1 Å². The summed E-state index contributed by atoms with van der Waals surface area (Å²) in [6.07, 6.45) is 0. The summed E-state index contributed by atoms with van der Waals surface area (Å²) in [6, 6.07) is 16.0. The lowest BCUT2D eigenvalue weighted by atomic mass is 10.2. The van der Waals surface area contributed by atoms with Crippen molar-refractivity contribution in [3.63, 3.8) is 0 Å².